The van der Waals surface area contributed by atoms with Gasteiger partial charge in [-0.2, -0.15) is 0 Å². The van der Waals surface area contributed by atoms with Crippen LogP contribution in [-0.2, 0) is 4.79 Å². The lowest BCUT2D eigenvalue weighted by atomic mass is 10.0. The van der Waals surface area contributed by atoms with Crippen molar-refractivity contribution >= 4 is 11.6 Å². The van der Waals surface area contributed by atoms with Crippen LogP contribution in [0.5, 0.6) is 11.5 Å². The zero-order valence-corrected chi connectivity index (χ0v) is 13.3. The van der Waals surface area contributed by atoms with Crippen molar-refractivity contribution in [3.05, 3.63) is 18.2 Å². The number of carbonyl (C=O) groups excluding carboxylic acids is 1. The second kappa shape index (κ2) is 7.89. The van der Waals surface area contributed by atoms with Gasteiger partial charge in [-0.25, -0.2) is 0 Å². The maximum Gasteiger partial charge on any atom is 0.260 e. The summed E-state index contributed by atoms with van der Waals surface area (Å²) in [7, 11) is 1.56. The van der Waals surface area contributed by atoms with Crippen molar-refractivity contribution in [2.24, 2.45) is 0 Å². The molecule has 1 aromatic carbocycles. The van der Waals surface area contributed by atoms with E-state index >= 15 is 0 Å². The fraction of sp³-hybridized carbons (Fsp3) is 0.562. The van der Waals surface area contributed by atoms with Gasteiger partial charge in [-0.15, -0.1) is 0 Å². The van der Waals surface area contributed by atoms with Gasteiger partial charge in [-0.05, 0) is 45.0 Å². The van der Waals surface area contributed by atoms with E-state index in [1.165, 1.54) is 0 Å². The summed E-state index contributed by atoms with van der Waals surface area (Å²) in [5.74, 6) is 1.07. The van der Waals surface area contributed by atoms with Crippen LogP contribution in [0.4, 0.5) is 5.69 Å². The molecule has 1 aliphatic rings. The lowest BCUT2D eigenvalue weighted by molar-refractivity contribution is -0.136. The molecule has 0 bridgehead atoms. The normalized spacial score (nSPS) is 15.4. The van der Waals surface area contributed by atoms with E-state index in [0.29, 0.717) is 29.8 Å². The van der Waals surface area contributed by atoms with E-state index in [9.17, 15) is 4.79 Å². The molecule has 6 heteroatoms. The predicted molar refractivity (Wildman–Crippen MR) is 86.2 cm³/mol. The van der Waals surface area contributed by atoms with Crippen molar-refractivity contribution in [3.8, 4) is 11.5 Å². The van der Waals surface area contributed by atoms with Crippen LogP contribution in [0.15, 0.2) is 18.2 Å². The second-order valence-corrected chi connectivity index (χ2v) is 5.36. The van der Waals surface area contributed by atoms with Crippen LogP contribution >= 0.6 is 0 Å². The van der Waals surface area contributed by atoms with Gasteiger partial charge in [-0.1, -0.05) is 0 Å². The van der Waals surface area contributed by atoms with Gasteiger partial charge in [0.05, 0.1) is 7.11 Å². The van der Waals surface area contributed by atoms with Crippen LogP contribution in [0.1, 0.15) is 19.8 Å². The lowest BCUT2D eigenvalue weighted by Crippen LogP contribution is -2.47. The fourth-order valence-electron chi connectivity index (χ4n) is 2.79. The van der Waals surface area contributed by atoms with Crippen molar-refractivity contribution in [2.75, 3.05) is 39.1 Å². The van der Waals surface area contributed by atoms with E-state index in [1.807, 2.05) is 11.8 Å². The number of amides is 1. The summed E-state index contributed by atoms with van der Waals surface area (Å²) >= 11 is 0. The van der Waals surface area contributed by atoms with E-state index in [2.05, 4.69) is 5.32 Å². The number of methoxy groups -OCH3 is 1. The molecule has 22 heavy (non-hydrogen) atoms. The Labute approximate surface area is 131 Å². The quantitative estimate of drug-likeness (QED) is 0.774. The van der Waals surface area contributed by atoms with Crippen molar-refractivity contribution in [1.82, 2.24) is 10.2 Å². The summed E-state index contributed by atoms with van der Waals surface area (Å²) in [6.07, 6.45) is 1.97. The minimum absolute atomic E-state index is 0.00104. The first-order valence-electron chi connectivity index (χ1n) is 7.72. The van der Waals surface area contributed by atoms with Gasteiger partial charge < -0.3 is 25.4 Å². The minimum Gasteiger partial charge on any atom is -0.493 e. The molecule has 0 aliphatic carbocycles. The molecular weight excluding hydrogens is 282 g/mol. The van der Waals surface area contributed by atoms with Crippen LogP contribution < -0.4 is 20.5 Å². The number of nitrogens with zero attached hydrogens (tertiary/aromatic N) is 1. The van der Waals surface area contributed by atoms with Gasteiger partial charge in [0.1, 0.15) is 0 Å². The lowest BCUT2D eigenvalue weighted by Gasteiger charge is -2.33. The van der Waals surface area contributed by atoms with Crippen LogP contribution in [0, 0.1) is 0 Å². The summed E-state index contributed by atoms with van der Waals surface area (Å²) in [5, 5.41) is 3.31. The largest absolute Gasteiger partial charge is 0.493 e. The van der Waals surface area contributed by atoms with E-state index < -0.39 is 0 Å². The van der Waals surface area contributed by atoms with Gasteiger partial charge >= 0.3 is 0 Å². The third-order valence-electron chi connectivity index (χ3n) is 3.95. The average Bonchev–Trinajstić information content (AvgIpc) is 2.55. The van der Waals surface area contributed by atoms with E-state index in [-0.39, 0.29) is 12.5 Å². The molecule has 0 saturated carbocycles. The molecule has 6 nitrogen and oxygen atoms in total. The highest BCUT2D eigenvalue weighted by molar-refractivity contribution is 5.78. The summed E-state index contributed by atoms with van der Waals surface area (Å²) in [5.41, 5.74) is 6.33. The topological polar surface area (TPSA) is 76.8 Å². The molecule has 1 saturated heterocycles. The first-order chi connectivity index (χ1) is 10.7. The number of nitrogens with one attached hydrogen (secondary N) is 1. The predicted octanol–water partition coefficient (Wildman–Crippen LogP) is 1.26. The maximum atomic E-state index is 12.4. The molecular formula is C16H25N3O3. The summed E-state index contributed by atoms with van der Waals surface area (Å²) in [4.78, 5) is 14.3. The number of hydrogen-bond acceptors (Lipinski definition) is 5. The minimum atomic E-state index is -0.00240. The molecule has 1 aromatic rings. The van der Waals surface area contributed by atoms with E-state index in [4.69, 9.17) is 15.2 Å². The molecule has 3 N–H and O–H groups in total. The third-order valence-corrected chi connectivity index (χ3v) is 3.95. The number of ether oxygens (including phenoxy) is 2. The molecule has 1 amide bonds. The highest BCUT2D eigenvalue weighted by atomic mass is 16.5. The SMILES string of the molecule is CCN(C(=O)COc1cc(N)ccc1OC)C1CCNCC1. The Morgan fingerprint density at radius 3 is 2.73 bits per heavy atom. The number of benzene rings is 1. The van der Waals surface area contributed by atoms with Gasteiger partial charge in [0.25, 0.3) is 5.91 Å². The number of nitrogen functional groups attached to an aromatic ring is 1. The molecule has 0 spiro atoms. The number of piperidine rings is 1. The number of nitrogens with two attached hydrogens (primary N) is 1. The zero-order valence-electron chi connectivity index (χ0n) is 13.3. The van der Waals surface area contributed by atoms with Crippen molar-refractivity contribution < 1.29 is 14.3 Å². The van der Waals surface area contributed by atoms with E-state index in [1.54, 1.807) is 25.3 Å². The number of hydrogen-bond donors (Lipinski definition) is 2. The Kier molecular flexibility index (Phi) is 5.89. The molecule has 0 unspecified atom stereocenters. The highest BCUT2D eigenvalue weighted by Gasteiger charge is 2.24. The Bertz CT molecular complexity index is 501. The van der Waals surface area contributed by atoms with E-state index in [0.717, 1.165) is 25.9 Å². The summed E-state index contributed by atoms with van der Waals surface area (Å²) in [6.45, 7) is 4.61. The summed E-state index contributed by atoms with van der Waals surface area (Å²) in [6, 6.07) is 5.44. The third kappa shape index (κ3) is 4.04. The number of rotatable bonds is 6. The molecule has 1 aliphatic heterocycles. The Hall–Kier alpha value is -1.95. The van der Waals surface area contributed by atoms with Crippen LogP contribution in [0.25, 0.3) is 0 Å². The first kappa shape index (κ1) is 16.4. The van der Waals surface area contributed by atoms with Crippen LogP contribution in [-0.4, -0.2) is 50.2 Å². The maximum absolute atomic E-state index is 12.4. The standard InChI is InChI=1S/C16H25N3O3/c1-3-19(13-6-8-18-9-7-13)16(20)11-22-15-10-12(17)4-5-14(15)21-2/h4-5,10,13,18H,3,6-9,11,17H2,1-2H3. The summed E-state index contributed by atoms with van der Waals surface area (Å²) < 4.78 is 10.9. The molecule has 0 aromatic heterocycles. The van der Waals surface area contributed by atoms with Crippen LogP contribution in [0.3, 0.4) is 0 Å². The Morgan fingerprint density at radius 1 is 1.36 bits per heavy atom. The number of carbonyl (C=O) groups is 1. The molecule has 1 fully saturated rings. The first-order valence-corrected chi connectivity index (χ1v) is 7.72. The van der Waals surface area contributed by atoms with Crippen molar-refractivity contribution in [2.45, 2.75) is 25.8 Å². The van der Waals surface area contributed by atoms with Gasteiger partial charge in [-0.3, -0.25) is 4.79 Å². The van der Waals surface area contributed by atoms with Crippen molar-refractivity contribution in [1.29, 1.82) is 0 Å². The smallest absolute Gasteiger partial charge is 0.260 e. The average molecular weight is 307 g/mol. The van der Waals surface area contributed by atoms with Crippen LogP contribution in [0.2, 0.25) is 0 Å². The van der Waals surface area contributed by atoms with Gasteiger partial charge in [0.15, 0.2) is 18.1 Å². The highest BCUT2D eigenvalue weighted by Crippen LogP contribution is 2.29. The monoisotopic (exact) mass is 307 g/mol. The van der Waals surface area contributed by atoms with Crippen molar-refractivity contribution in [3.63, 3.8) is 0 Å². The Balaban J connectivity index is 1.97. The molecule has 2 rings (SSSR count). The molecule has 0 atom stereocenters. The fourth-order valence-corrected chi connectivity index (χ4v) is 2.79. The van der Waals surface area contributed by atoms with Gasteiger partial charge in [0, 0.05) is 24.3 Å². The number of likely N-dealkylation sites (N-methyl/N-ethyl adjacent to an activating group) is 1. The molecule has 1 heterocycles. The van der Waals surface area contributed by atoms with Gasteiger partial charge in [0.2, 0.25) is 0 Å². The molecule has 0 radical (unpaired) electrons. The Morgan fingerprint density at radius 2 is 2.09 bits per heavy atom. The second-order valence-electron chi connectivity index (χ2n) is 5.36. The molecule has 122 valence electrons. The zero-order chi connectivity index (χ0) is 15.9. The number of anilines is 1.